The second kappa shape index (κ2) is 6.09. The van der Waals surface area contributed by atoms with Crippen LogP contribution in [0.25, 0.3) is 0 Å². The van der Waals surface area contributed by atoms with Crippen molar-refractivity contribution in [3.63, 3.8) is 0 Å². The molecular formula is C15H28BN. The molecule has 5 unspecified atom stereocenters. The molecule has 1 heterocycles. The largest absolute Gasteiger partial charge is 0.316 e. The van der Waals surface area contributed by atoms with Crippen molar-refractivity contribution in [3.05, 3.63) is 12.2 Å². The Kier molecular flexibility index (Phi) is 5.31. The van der Waals surface area contributed by atoms with E-state index in [1.54, 1.807) is 0 Å². The lowest BCUT2D eigenvalue weighted by molar-refractivity contribution is 0.227. The van der Waals surface area contributed by atoms with Crippen LogP contribution in [0.15, 0.2) is 12.2 Å². The van der Waals surface area contributed by atoms with Gasteiger partial charge in [-0.2, -0.15) is 0 Å². The summed E-state index contributed by atoms with van der Waals surface area (Å²) in [5.74, 6) is 1.65. The number of rotatable bonds is 5. The zero-order valence-electron chi connectivity index (χ0n) is 12.2. The molecule has 1 N–H and O–H groups in total. The van der Waals surface area contributed by atoms with E-state index < -0.39 is 0 Å². The fraction of sp³-hybridized carbons (Fsp3) is 0.867. The van der Waals surface area contributed by atoms with Gasteiger partial charge in [-0.1, -0.05) is 45.8 Å². The van der Waals surface area contributed by atoms with Crippen molar-refractivity contribution >= 4 is 7.85 Å². The summed E-state index contributed by atoms with van der Waals surface area (Å²) in [6, 6.07) is 0.525. The molecule has 0 saturated carbocycles. The van der Waals surface area contributed by atoms with Gasteiger partial charge in [-0.05, 0) is 43.5 Å². The molecule has 5 atom stereocenters. The van der Waals surface area contributed by atoms with Gasteiger partial charge in [0.2, 0.25) is 0 Å². The van der Waals surface area contributed by atoms with Crippen LogP contribution in [0.1, 0.15) is 53.9 Å². The first-order valence-electron chi connectivity index (χ1n) is 7.15. The molecule has 0 aliphatic carbocycles. The lowest BCUT2D eigenvalue weighted by atomic mass is 9.59. The summed E-state index contributed by atoms with van der Waals surface area (Å²) in [6.07, 6.45) is 8.09. The zero-order chi connectivity index (χ0) is 13.1. The van der Waals surface area contributed by atoms with E-state index in [0.717, 1.165) is 6.42 Å². The summed E-state index contributed by atoms with van der Waals surface area (Å²) in [5.41, 5.74) is -0.222. The predicted octanol–water partition coefficient (Wildman–Crippen LogP) is 3.50. The number of allylic oxidation sites excluding steroid dienone is 1. The van der Waals surface area contributed by atoms with Crippen LogP contribution < -0.4 is 5.32 Å². The monoisotopic (exact) mass is 233 g/mol. The summed E-state index contributed by atoms with van der Waals surface area (Å²) in [5, 5.41) is 3.63. The highest BCUT2D eigenvalue weighted by Crippen LogP contribution is 2.39. The Hall–Kier alpha value is -0.235. The number of hydrogen-bond acceptors (Lipinski definition) is 1. The van der Waals surface area contributed by atoms with Crippen molar-refractivity contribution in [2.24, 2.45) is 17.8 Å². The first kappa shape index (κ1) is 14.8. The molecule has 17 heavy (non-hydrogen) atoms. The van der Waals surface area contributed by atoms with Crippen molar-refractivity contribution in [2.75, 3.05) is 0 Å². The molecule has 1 saturated heterocycles. The van der Waals surface area contributed by atoms with Gasteiger partial charge >= 0.3 is 0 Å². The van der Waals surface area contributed by atoms with Gasteiger partial charge in [0, 0.05) is 6.04 Å². The van der Waals surface area contributed by atoms with Gasteiger partial charge in [0.15, 0.2) is 0 Å². The average molecular weight is 233 g/mol. The lowest BCUT2D eigenvalue weighted by Crippen LogP contribution is -2.53. The zero-order valence-corrected chi connectivity index (χ0v) is 12.2. The van der Waals surface area contributed by atoms with Crippen LogP contribution in [0.3, 0.4) is 0 Å². The fourth-order valence-corrected chi connectivity index (χ4v) is 3.28. The third kappa shape index (κ3) is 3.16. The van der Waals surface area contributed by atoms with E-state index in [4.69, 9.17) is 7.85 Å². The summed E-state index contributed by atoms with van der Waals surface area (Å²) in [4.78, 5) is 0. The molecule has 1 rings (SSSR count). The van der Waals surface area contributed by atoms with Crippen LogP contribution in [0.5, 0.6) is 0 Å². The Morgan fingerprint density at radius 2 is 2.12 bits per heavy atom. The Morgan fingerprint density at radius 3 is 2.65 bits per heavy atom. The molecule has 1 nitrogen and oxygen atoms in total. The second-order valence-electron chi connectivity index (χ2n) is 5.90. The highest BCUT2D eigenvalue weighted by molar-refractivity contribution is 6.16. The van der Waals surface area contributed by atoms with Crippen molar-refractivity contribution in [1.29, 1.82) is 0 Å². The first-order valence-corrected chi connectivity index (χ1v) is 7.15. The molecular weight excluding hydrogens is 205 g/mol. The third-order valence-electron chi connectivity index (χ3n) is 4.49. The van der Waals surface area contributed by atoms with Gasteiger partial charge in [0.25, 0.3) is 0 Å². The highest BCUT2D eigenvalue weighted by atomic mass is 15.0. The van der Waals surface area contributed by atoms with E-state index in [0.29, 0.717) is 23.8 Å². The van der Waals surface area contributed by atoms with Crippen LogP contribution in [0.4, 0.5) is 0 Å². The topological polar surface area (TPSA) is 12.0 Å². The van der Waals surface area contributed by atoms with Gasteiger partial charge in [0.05, 0.1) is 7.85 Å². The maximum atomic E-state index is 6.69. The minimum absolute atomic E-state index is 0.222. The van der Waals surface area contributed by atoms with Crippen molar-refractivity contribution in [3.8, 4) is 0 Å². The van der Waals surface area contributed by atoms with Crippen LogP contribution in [0.2, 0.25) is 0 Å². The Bertz CT molecular complexity index is 264. The summed E-state index contributed by atoms with van der Waals surface area (Å²) in [6.45, 7) is 11.2. The molecule has 0 aromatic rings. The second-order valence-corrected chi connectivity index (χ2v) is 5.90. The van der Waals surface area contributed by atoms with Crippen molar-refractivity contribution in [2.45, 2.75) is 65.4 Å². The quantitative estimate of drug-likeness (QED) is 0.566. The molecule has 0 spiro atoms. The predicted molar refractivity (Wildman–Crippen MR) is 77.2 cm³/mol. The Balaban J connectivity index is 2.82. The molecule has 0 aromatic heterocycles. The van der Waals surface area contributed by atoms with Gasteiger partial charge < -0.3 is 5.32 Å². The number of nitrogens with one attached hydrogen (secondary N) is 1. The van der Waals surface area contributed by atoms with E-state index in [1.165, 1.54) is 12.8 Å². The molecule has 1 aliphatic heterocycles. The fourth-order valence-electron chi connectivity index (χ4n) is 3.28. The Labute approximate surface area is 109 Å². The molecule has 1 aliphatic rings. The van der Waals surface area contributed by atoms with Crippen LogP contribution in [-0.2, 0) is 0 Å². The van der Waals surface area contributed by atoms with Crippen LogP contribution in [-0.4, -0.2) is 19.3 Å². The number of hydrogen-bond donors (Lipinski definition) is 1. The summed E-state index contributed by atoms with van der Waals surface area (Å²) >= 11 is 0. The maximum Gasteiger partial charge on any atom is 0.0965 e. The molecule has 2 heteroatoms. The molecule has 0 aromatic carbocycles. The van der Waals surface area contributed by atoms with E-state index in [-0.39, 0.29) is 5.44 Å². The van der Waals surface area contributed by atoms with E-state index >= 15 is 0 Å². The molecule has 0 amide bonds. The minimum atomic E-state index is -0.222. The SMILES string of the molecule is [B]C1(C(C)C(C)CCC)NC(C)CC1/C=C\C. The van der Waals surface area contributed by atoms with E-state index in [9.17, 15) is 0 Å². The maximum absolute atomic E-state index is 6.69. The van der Waals surface area contributed by atoms with Crippen LogP contribution in [0, 0.1) is 17.8 Å². The van der Waals surface area contributed by atoms with Crippen LogP contribution >= 0.6 is 0 Å². The summed E-state index contributed by atoms with van der Waals surface area (Å²) < 4.78 is 0. The molecule has 2 radical (unpaired) electrons. The van der Waals surface area contributed by atoms with Crippen molar-refractivity contribution < 1.29 is 0 Å². The standard InChI is InChI=1S/C15H28BN/c1-6-8-11(3)13(5)15(16)14(9-7-2)10-12(4)17-15/h7,9,11-14,17H,6,8,10H2,1-5H3/b9-7-. The molecule has 0 bridgehead atoms. The van der Waals surface area contributed by atoms with E-state index in [2.05, 4.69) is 52.1 Å². The Morgan fingerprint density at radius 1 is 1.47 bits per heavy atom. The van der Waals surface area contributed by atoms with Gasteiger partial charge in [-0.25, -0.2) is 0 Å². The summed E-state index contributed by atoms with van der Waals surface area (Å²) in [7, 11) is 6.69. The highest BCUT2D eigenvalue weighted by Gasteiger charge is 2.44. The van der Waals surface area contributed by atoms with Gasteiger partial charge in [-0.3, -0.25) is 0 Å². The molecule has 1 fully saturated rings. The minimum Gasteiger partial charge on any atom is -0.316 e. The lowest BCUT2D eigenvalue weighted by Gasteiger charge is -2.41. The normalized spacial score (nSPS) is 37.5. The smallest absolute Gasteiger partial charge is 0.0965 e. The van der Waals surface area contributed by atoms with E-state index in [1.807, 2.05) is 0 Å². The van der Waals surface area contributed by atoms with Gasteiger partial charge in [-0.15, -0.1) is 0 Å². The van der Waals surface area contributed by atoms with Gasteiger partial charge in [0.1, 0.15) is 0 Å². The third-order valence-corrected chi connectivity index (χ3v) is 4.49. The van der Waals surface area contributed by atoms with Crippen molar-refractivity contribution in [1.82, 2.24) is 5.32 Å². The first-order chi connectivity index (χ1) is 7.95. The molecule has 96 valence electrons. The average Bonchev–Trinajstić information content (AvgIpc) is 2.55.